The molecule has 1 amide bonds. The molecule has 0 saturated heterocycles. The minimum atomic E-state index is -4.73. The molecule has 1 heterocycles. The van der Waals surface area contributed by atoms with Crippen LogP contribution < -0.4 is 10.1 Å². The summed E-state index contributed by atoms with van der Waals surface area (Å²) in [6.45, 7) is 0. The molecular weight excluding hydrogens is 327 g/mol. The van der Waals surface area contributed by atoms with E-state index in [1.165, 1.54) is 36.0 Å². The monoisotopic (exact) mass is 339 g/mol. The van der Waals surface area contributed by atoms with Crippen molar-refractivity contribution >= 4 is 23.4 Å². The van der Waals surface area contributed by atoms with Gasteiger partial charge in [0.25, 0.3) is 0 Å². The van der Waals surface area contributed by atoms with Gasteiger partial charge in [-0.3, -0.25) is 4.79 Å². The summed E-state index contributed by atoms with van der Waals surface area (Å²) in [5.41, 5.74) is 1.56. The van der Waals surface area contributed by atoms with Crippen molar-refractivity contribution in [2.45, 2.75) is 22.9 Å². The Bertz CT molecular complexity index is 691. The highest BCUT2D eigenvalue weighted by atomic mass is 32.2. The Morgan fingerprint density at radius 1 is 1.13 bits per heavy atom. The van der Waals surface area contributed by atoms with Gasteiger partial charge in [0.1, 0.15) is 5.75 Å². The number of benzene rings is 2. The number of carbonyl (C=O) groups is 1. The van der Waals surface area contributed by atoms with Gasteiger partial charge in [-0.15, -0.1) is 24.9 Å². The van der Waals surface area contributed by atoms with Gasteiger partial charge in [0.15, 0.2) is 0 Å². The number of nitrogens with one attached hydrogen (secondary N) is 1. The van der Waals surface area contributed by atoms with Crippen LogP contribution >= 0.6 is 11.8 Å². The molecule has 0 bridgehead atoms. The molecule has 120 valence electrons. The maximum atomic E-state index is 12.3. The highest BCUT2D eigenvalue weighted by Crippen LogP contribution is 2.37. The first-order valence-electron chi connectivity index (χ1n) is 6.82. The third-order valence-corrected chi connectivity index (χ3v) is 4.61. The van der Waals surface area contributed by atoms with E-state index in [1.54, 1.807) is 0 Å². The number of anilines is 1. The second-order valence-electron chi connectivity index (χ2n) is 4.98. The average molecular weight is 339 g/mol. The van der Waals surface area contributed by atoms with E-state index in [9.17, 15) is 18.0 Å². The minimum absolute atomic E-state index is 0.171. The van der Waals surface area contributed by atoms with Crippen LogP contribution in [0.4, 0.5) is 18.9 Å². The Hall–Kier alpha value is -2.15. The molecule has 0 saturated carbocycles. The van der Waals surface area contributed by atoms with Gasteiger partial charge in [-0.2, -0.15) is 0 Å². The minimum Gasteiger partial charge on any atom is -0.406 e. The summed E-state index contributed by atoms with van der Waals surface area (Å²) in [4.78, 5) is 13.3. The number of rotatable bonds is 3. The summed E-state index contributed by atoms with van der Waals surface area (Å²) >= 11 is 1.49. The van der Waals surface area contributed by atoms with Gasteiger partial charge >= 0.3 is 6.36 Å². The molecule has 0 aliphatic carbocycles. The molecule has 0 fully saturated rings. The lowest BCUT2D eigenvalue weighted by molar-refractivity contribution is -0.274. The molecule has 2 aromatic rings. The number of alkyl halides is 3. The number of amides is 1. The first kappa shape index (κ1) is 15.7. The zero-order chi connectivity index (χ0) is 16.4. The highest BCUT2D eigenvalue weighted by molar-refractivity contribution is 8.01. The van der Waals surface area contributed by atoms with Crippen LogP contribution in [0.15, 0.2) is 53.4 Å². The van der Waals surface area contributed by atoms with Gasteiger partial charge in [-0.05, 0) is 42.3 Å². The quantitative estimate of drug-likeness (QED) is 0.909. The van der Waals surface area contributed by atoms with Crippen LogP contribution in [-0.4, -0.2) is 17.5 Å². The van der Waals surface area contributed by atoms with E-state index in [0.717, 1.165) is 10.5 Å². The standard InChI is InChI=1S/C16H12F3NO2S/c17-16(18,19)22-12-7-5-11(6-8-12)20-15(21)14-9-10-3-1-2-4-13(10)23-14/h1-8,14H,9H2,(H,20,21). The Kier molecular flexibility index (Phi) is 4.21. The fraction of sp³-hybridized carbons (Fsp3) is 0.188. The zero-order valence-electron chi connectivity index (χ0n) is 11.8. The van der Waals surface area contributed by atoms with Crippen LogP contribution in [0.1, 0.15) is 5.56 Å². The SMILES string of the molecule is O=C(Nc1ccc(OC(F)(F)F)cc1)C1Cc2ccccc2S1. The largest absolute Gasteiger partial charge is 0.573 e. The topological polar surface area (TPSA) is 38.3 Å². The molecule has 23 heavy (non-hydrogen) atoms. The van der Waals surface area contributed by atoms with Crippen molar-refractivity contribution in [2.24, 2.45) is 0 Å². The Labute approximate surface area is 134 Å². The van der Waals surface area contributed by atoms with Crippen LogP contribution in [0.25, 0.3) is 0 Å². The van der Waals surface area contributed by atoms with Crippen LogP contribution in [0, 0.1) is 0 Å². The summed E-state index contributed by atoms with van der Waals surface area (Å²) in [6.07, 6.45) is -4.08. The molecule has 0 spiro atoms. The van der Waals surface area contributed by atoms with Crippen molar-refractivity contribution in [3.8, 4) is 5.75 Å². The molecule has 0 aromatic heterocycles. The van der Waals surface area contributed by atoms with Gasteiger partial charge < -0.3 is 10.1 Å². The molecule has 3 nitrogen and oxygen atoms in total. The molecule has 1 atom stereocenters. The van der Waals surface area contributed by atoms with Crippen molar-refractivity contribution in [3.05, 3.63) is 54.1 Å². The van der Waals surface area contributed by atoms with Crippen molar-refractivity contribution in [2.75, 3.05) is 5.32 Å². The Morgan fingerprint density at radius 3 is 2.48 bits per heavy atom. The molecule has 2 aromatic carbocycles. The summed E-state index contributed by atoms with van der Waals surface area (Å²) in [5, 5.41) is 2.47. The fourth-order valence-corrected chi connectivity index (χ4v) is 3.49. The highest BCUT2D eigenvalue weighted by Gasteiger charge is 2.31. The lowest BCUT2D eigenvalue weighted by Crippen LogP contribution is -2.24. The van der Waals surface area contributed by atoms with Gasteiger partial charge in [0.2, 0.25) is 5.91 Å². The molecule has 1 aliphatic rings. The number of thioether (sulfide) groups is 1. The van der Waals surface area contributed by atoms with E-state index in [1.807, 2.05) is 24.3 Å². The average Bonchev–Trinajstić information content (AvgIpc) is 2.92. The summed E-state index contributed by atoms with van der Waals surface area (Å²) < 4.78 is 40.1. The van der Waals surface area contributed by atoms with Crippen LogP contribution in [0.2, 0.25) is 0 Å². The van der Waals surface area contributed by atoms with Crippen molar-refractivity contribution in [1.29, 1.82) is 0 Å². The van der Waals surface area contributed by atoms with E-state index in [4.69, 9.17) is 0 Å². The van der Waals surface area contributed by atoms with Crippen LogP contribution in [-0.2, 0) is 11.2 Å². The predicted molar refractivity (Wildman–Crippen MR) is 81.5 cm³/mol. The fourth-order valence-electron chi connectivity index (χ4n) is 2.29. The number of carbonyl (C=O) groups excluding carboxylic acids is 1. The molecular formula is C16H12F3NO2S. The van der Waals surface area contributed by atoms with E-state index < -0.39 is 6.36 Å². The van der Waals surface area contributed by atoms with Crippen molar-refractivity contribution in [1.82, 2.24) is 0 Å². The maximum Gasteiger partial charge on any atom is 0.573 e. The second-order valence-corrected chi connectivity index (χ2v) is 6.22. The van der Waals surface area contributed by atoms with E-state index in [0.29, 0.717) is 12.1 Å². The Morgan fingerprint density at radius 2 is 1.83 bits per heavy atom. The first-order valence-corrected chi connectivity index (χ1v) is 7.70. The number of fused-ring (bicyclic) bond motifs is 1. The smallest absolute Gasteiger partial charge is 0.406 e. The molecule has 3 rings (SSSR count). The Balaban J connectivity index is 1.61. The van der Waals surface area contributed by atoms with Crippen LogP contribution in [0.3, 0.4) is 0 Å². The van der Waals surface area contributed by atoms with Gasteiger partial charge in [-0.1, -0.05) is 18.2 Å². The van der Waals surface area contributed by atoms with E-state index in [-0.39, 0.29) is 16.9 Å². The molecule has 1 N–H and O–H groups in total. The van der Waals surface area contributed by atoms with Gasteiger partial charge in [-0.25, -0.2) is 0 Å². The molecule has 7 heteroatoms. The number of hydrogen-bond donors (Lipinski definition) is 1. The van der Waals surface area contributed by atoms with E-state index >= 15 is 0 Å². The van der Waals surface area contributed by atoms with E-state index in [2.05, 4.69) is 10.1 Å². The van der Waals surface area contributed by atoms with Crippen molar-refractivity contribution < 1.29 is 22.7 Å². The third-order valence-electron chi connectivity index (χ3n) is 3.30. The maximum absolute atomic E-state index is 12.3. The number of hydrogen-bond acceptors (Lipinski definition) is 3. The van der Waals surface area contributed by atoms with Crippen LogP contribution in [0.5, 0.6) is 5.75 Å². The summed E-state index contributed by atoms with van der Waals surface area (Å²) in [5.74, 6) is -0.492. The molecule has 1 unspecified atom stereocenters. The zero-order valence-corrected chi connectivity index (χ0v) is 12.6. The predicted octanol–water partition coefficient (Wildman–Crippen LogP) is 4.24. The van der Waals surface area contributed by atoms with Crippen molar-refractivity contribution in [3.63, 3.8) is 0 Å². The third kappa shape index (κ3) is 3.98. The summed E-state index contributed by atoms with van der Waals surface area (Å²) in [7, 11) is 0. The lowest BCUT2D eigenvalue weighted by atomic mass is 10.1. The lowest BCUT2D eigenvalue weighted by Gasteiger charge is -2.12. The number of ether oxygens (including phenoxy) is 1. The summed E-state index contributed by atoms with van der Waals surface area (Å²) in [6, 6.07) is 12.9. The first-order chi connectivity index (χ1) is 10.9. The second kappa shape index (κ2) is 6.16. The molecule has 1 aliphatic heterocycles. The number of halogens is 3. The molecule has 0 radical (unpaired) electrons. The van der Waals surface area contributed by atoms with Gasteiger partial charge in [0.05, 0.1) is 5.25 Å². The van der Waals surface area contributed by atoms with Gasteiger partial charge in [0, 0.05) is 10.6 Å². The normalized spacial score (nSPS) is 16.7.